The van der Waals surface area contributed by atoms with Gasteiger partial charge in [-0.25, -0.2) is 4.79 Å². The molecule has 5 nitrogen and oxygen atoms in total. The highest BCUT2D eigenvalue weighted by Crippen LogP contribution is 2.40. The van der Waals surface area contributed by atoms with Gasteiger partial charge in [0.25, 0.3) is 0 Å². The van der Waals surface area contributed by atoms with Gasteiger partial charge in [0.1, 0.15) is 18.5 Å². The Balaban J connectivity index is 1.34. The van der Waals surface area contributed by atoms with Crippen molar-refractivity contribution in [1.29, 1.82) is 0 Å². The van der Waals surface area contributed by atoms with Gasteiger partial charge in [-0.2, -0.15) is 0 Å². The van der Waals surface area contributed by atoms with Gasteiger partial charge in [-0.15, -0.1) is 11.8 Å². The van der Waals surface area contributed by atoms with Crippen molar-refractivity contribution < 1.29 is 23.7 Å². The molecule has 0 bridgehead atoms. The molecule has 1 aliphatic heterocycles. The molecule has 1 aliphatic rings. The van der Waals surface area contributed by atoms with E-state index < -0.39 is 6.10 Å². The first kappa shape index (κ1) is 25.3. The van der Waals surface area contributed by atoms with Crippen LogP contribution in [0.15, 0.2) is 77.7 Å². The highest BCUT2D eigenvalue weighted by Gasteiger charge is 2.24. The molecule has 0 N–H and O–H groups in total. The van der Waals surface area contributed by atoms with E-state index in [0.717, 1.165) is 17.1 Å². The van der Waals surface area contributed by atoms with E-state index >= 15 is 0 Å². The van der Waals surface area contributed by atoms with E-state index in [1.54, 1.807) is 6.92 Å². The first-order valence-electron chi connectivity index (χ1n) is 12.1. The first-order valence-corrected chi connectivity index (χ1v) is 13.1. The van der Waals surface area contributed by atoms with Crippen molar-refractivity contribution in [3.63, 3.8) is 0 Å². The average molecular weight is 493 g/mol. The van der Waals surface area contributed by atoms with Crippen molar-refractivity contribution in [3.05, 3.63) is 95.1 Å². The number of hydrogen-bond donors (Lipinski definition) is 0. The van der Waals surface area contributed by atoms with E-state index in [0.29, 0.717) is 32.8 Å². The predicted molar refractivity (Wildman–Crippen MR) is 138 cm³/mol. The van der Waals surface area contributed by atoms with Crippen molar-refractivity contribution in [2.75, 3.05) is 26.4 Å². The smallest absolute Gasteiger partial charge is 0.335 e. The monoisotopic (exact) mass is 492 g/mol. The zero-order chi connectivity index (χ0) is 24.5. The van der Waals surface area contributed by atoms with Crippen LogP contribution in [0, 0.1) is 0 Å². The molecule has 0 fully saturated rings. The largest absolute Gasteiger partial charge is 0.491 e. The van der Waals surface area contributed by atoms with Crippen LogP contribution in [0.5, 0.6) is 5.75 Å². The Kier molecular flexibility index (Phi) is 9.23. The fourth-order valence-electron chi connectivity index (χ4n) is 4.16. The number of hydrogen-bond acceptors (Lipinski definition) is 6. The molecule has 184 valence electrons. The third-order valence-electron chi connectivity index (χ3n) is 5.82. The summed E-state index contributed by atoms with van der Waals surface area (Å²) in [6.45, 7) is 5.37. The Labute approximate surface area is 211 Å². The quantitative estimate of drug-likeness (QED) is 0.242. The van der Waals surface area contributed by atoms with Crippen molar-refractivity contribution in [2.45, 2.75) is 43.1 Å². The van der Waals surface area contributed by atoms with Crippen LogP contribution in [0.1, 0.15) is 42.2 Å². The average Bonchev–Trinajstić information content (AvgIpc) is 3.04. The van der Waals surface area contributed by atoms with Crippen LogP contribution in [0.25, 0.3) is 0 Å². The van der Waals surface area contributed by atoms with Gasteiger partial charge in [0.2, 0.25) is 0 Å². The van der Waals surface area contributed by atoms with E-state index in [9.17, 15) is 4.79 Å². The molecule has 3 aromatic carbocycles. The molecule has 0 spiro atoms. The second-order valence-corrected chi connectivity index (χ2v) is 9.19. The van der Waals surface area contributed by atoms with Gasteiger partial charge >= 0.3 is 5.97 Å². The van der Waals surface area contributed by atoms with Crippen LogP contribution < -0.4 is 4.74 Å². The van der Waals surface area contributed by atoms with Crippen molar-refractivity contribution in [1.82, 2.24) is 0 Å². The fourth-order valence-corrected chi connectivity index (χ4v) is 5.25. The van der Waals surface area contributed by atoms with Crippen LogP contribution in [-0.2, 0) is 31.2 Å². The molecule has 0 amide bonds. The van der Waals surface area contributed by atoms with E-state index in [2.05, 4.69) is 48.5 Å². The van der Waals surface area contributed by atoms with E-state index in [1.807, 2.05) is 43.0 Å². The molecule has 35 heavy (non-hydrogen) atoms. The highest BCUT2D eigenvalue weighted by molar-refractivity contribution is 7.98. The summed E-state index contributed by atoms with van der Waals surface area (Å²) in [5, 5.41) is 0. The van der Waals surface area contributed by atoms with Crippen LogP contribution >= 0.6 is 11.8 Å². The number of thioether (sulfide) groups is 1. The number of rotatable bonds is 11. The molecule has 4 rings (SSSR count). The molecule has 6 heteroatoms. The number of carbonyl (C=O) groups excluding carboxylic acids is 1. The maximum atomic E-state index is 12.1. The molecule has 0 saturated heterocycles. The molecular formula is C29H32O5S. The molecule has 1 heterocycles. The van der Waals surface area contributed by atoms with Crippen LogP contribution in [0.2, 0.25) is 0 Å². The second kappa shape index (κ2) is 12.8. The molecule has 2 atom stereocenters. The standard InChI is InChI=1S/C29H32O5S/c1-3-31-26(29(30)32-4-2)19-21-13-15-23(16-14-21)33-17-18-34-28-24-10-6-5-9-22(24)20-35-27-12-8-7-11-25(27)28/h5-16,26,28H,3-4,17-20H2,1-2H3. The van der Waals surface area contributed by atoms with Gasteiger partial charge in [-0.1, -0.05) is 54.6 Å². The Bertz CT molecular complexity index is 1050. The molecule has 0 aliphatic carbocycles. The molecule has 3 aromatic rings. The Morgan fingerprint density at radius 1 is 0.914 bits per heavy atom. The van der Waals surface area contributed by atoms with Gasteiger partial charge in [0, 0.05) is 23.7 Å². The van der Waals surface area contributed by atoms with Gasteiger partial charge in [-0.05, 0) is 54.3 Å². The Morgan fingerprint density at radius 3 is 2.43 bits per heavy atom. The third-order valence-corrected chi connectivity index (χ3v) is 6.96. The zero-order valence-corrected chi connectivity index (χ0v) is 21.1. The van der Waals surface area contributed by atoms with Crippen molar-refractivity contribution in [2.24, 2.45) is 0 Å². The van der Waals surface area contributed by atoms with Crippen LogP contribution in [0.3, 0.4) is 0 Å². The van der Waals surface area contributed by atoms with E-state index in [4.69, 9.17) is 18.9 Å². The third kappa shape index (κ3) is 6.66. The normalized spacial score (nSPS) is 15.4. The molecule has 2 unspecified atom stereocenters. The second-order valence-electron chi connectivity index (χ2n) is 8.17. The first-order chi connectivity index (χ1) is 17.2. The Morgan fingerprint density at radius 2 is 1.66 bits per heavy atom. The lowest BCUT2D eigenvalue weighted by Gasteiger charge is -2.21. The highest BCUT2D eigenvalue weighted by atomic mass is 32.2. The minimum absolute atomic E-state index is 0.109. The SMILES string of the molecule is CCOC(=O)C(Cc1ccc(OCCOC2c3ccccc3CSc3ccccc32)cc1)OCC. The summed E-state index contributed by atoms with van der Waals surface area (Å²) in [5.74, 6) is 1.38. The summed E-state index contributed by atoms with van der Waals surface area (Å²) >= 11 is 1.86. The van der Waals surface area contributed by atoms with Gasteiger partial charge in [-0.3, -0.25) is 0 Å². The number of ether oxygens (including phenoxy) is 4. The van der Waals surface area contributed by atoms with Gasteiger partial charge < -0.3 is 18.9 Å². The number of fused-ring (bicyclic) bond motifs is 2. The summed E-state index contributed by atoms with van der Waals surface area (Å²) in [6.07, 6.45) is -0.237. The summed E-state index contributed by atoms with van der Waals surface area (Å²) in [7, 11) is 0. The molecule has 0 radical (unpaired) electrons. The van der Waals surface area contributed by atoms with Crippen LogP contribution in [0.4, 0.5) is 0 Å². The number of benzene rings is 3. The van der Waals surface area contributed by atoms with Crippen molar-refractivity contribution in [3.8, 4) is 5.75 Å². The Hall–Kier alpha value is -2.80. The summed E-state index contributed by atoms with van der Waals surface area (Å²) in [6, 6.07) is 24.7. The topological polar surface area (TPSA) is 54.0 Å². The lowest BCUT2D eigenvalue weighted by molar-refractivity contribution is -0.156. The minimum atomic E-state index is -0.594. The van der Waals surface area contributed by atoms with Gasteiger partial charge in [0.05, 0.1) is 13.2 Å². The summed E-state index contributed by atoms with van der Waals surface area (Å²) in [4.78, 5) is 13.4. The molecular weight excluding hydrogens is 460 g/mol. The van der Waals surface area contributed by atoms with Gasteiger partial charge in [0.15, 0.2) is 6.10 Å². The van der Waals surface area contributed by atoms with E-state index in [-0.39, 0.29) is 12.1 Å². The molecule has 0 saturated carbocycles. The molecule has 0 aromatic heterocycles. The fraction of sp³-hybridized carbons (Fsp3) is 0.345. The minimum Gasteiger partial charge on any atom is -0.491 e. The van der Waals surface area contributed by atoms with Crippen molar-refractivity contribution >= 4 is 17.7 Å². The maximum absolute atomic E-state index is 12.1. The number of esters is 1. The lowest BCUT2D eigenvalue weighted by Crippen LogP contribution is -2.28. The summed E-state index contributed by atoms with van der Waals surface area (Å²) < 4.78 is 23.0. The number of carbonyl (C=O) groups is 1. The van der Waals surface area contributed by atoms with Crippen LogP contribution in [-0.4, -0.2) is 38.5 Å². The van der Waals surface area contributed by atoms with E-state index in [1.165, 1.54) is 21.6 Å². The maximum Gasteiger partial charge on any atom is 0.335 e. The zero-order valence-electron chi connectivity index (χ0n) is 20.3. The summed E-state index contributed by atoms with van der Waals surface area (Å²) in [5.41, 5.74) is 4.73. The lowest BCUT2D eigenvalue weighted by atomic mass is 9.97. The predicted octanol–water partition coefficient (Wildman–Crippen LogP) is 5.99.